The molecule has 5 rings (SSSR count). The van der Waals surface area contributed by atoms with Gasteiger partial charge in [0, 0.05) is 50.6 Å². The lowest BCUT2D eigenvalue weighted by Gasteiger charge is -2.21. The number of para-hydroxylation sites is 2. The van der Waals surface area contributed by atoms with Crippen LogP contribution >= 0.6 is 0 Å². The fourth-order valence-corrected chi connectivity index (χ4v) is 5.35. The summed E-state index contributed by atoms with van der Waals surface area (Å²) in [6.45, 7) is 5.46. The van der Waals surface area contributed by atoms with Crippen LogP contribution in [-0.2, 0) is 16.1 Å². The highest BCUT2D eigenvalue weighted by molar-refractivity contribution is 5.96. The molecule has 3 aromatic rings. The van der Waals surface area contributed by atoms with Crippen LogP contribution in [0.5, 0.6) is 5.75 Å². The van der Waals surface area contributed by atoms with Crippen molar-refractivity contribution < 1.29 is 14.3 Å². The molecular weight excluding hydrogens is 440 g/mol. The molecule has 0 bridgehead atoms. The average molecular weight is 475 g/mol. The van der Waals surface area contributed by atoms with Crippen molar-refractivity contribution in [3.05, 3.63) is 54.4 Å². The lowest BCUT2D eigenvalue weighted by Crippen LogP contribution is -2.32. The van der Waals surface area contributed by atoms with Crippen molar-refractivity contribution in [1.29, 1.82) is 0 Å². The minimum atomic E-state index is -0.0187. The SMILES string of the molecule is CCOc1ccc(N2CC(c3nc4ccccc4n3CCC(=O)N3CCCCCC3)CC2=O)cc1. The van der Waals surface area contributed by atoms with Crippen LogP contribution in [0.3, 0.4) is 0 Å². The molecule has 7 nitrogen and oxygen atoms in total. The largest absolute Gasteiger partial charge is 0.494 e. The maximum atomic E-state index is 13.0. The van der Waals surface area contributed by atoms with Gasteiger partial charge in [0.1, 0.15) is 11.6 Å². The van der Waals surface area contributed by atoms with Crippen LogP contribution in [0.4, 0.5) is 5.69 Å². The highest BCUT2D eigenvalue weighted by Gasteiger charge is 2.35. The number of carbonyl (C=O) groups excluding carboxylic acids is 2. The van der Waals surface area contributed by atoms with Gasteiger partial charge >= 0.3 is 0 Å². The molecule has 35 heavy (non-hydrogen) atoms. The van der Waals surface area contributed by atoms with Crippen molar-refractivity contribution in [2.75, 3.05) is 31.1 Å². The van der Waals surface area contributed by atoms with Gasteiger partial charge < -0.3 is 19.1 Å². The zero-order valence-electron chi connectivity index (χ0n) is 20.5. The van der Waals surface area contributed by atoms with Crippen LogP contribution in [0, 0.1) is 0 Å². The summed E-state index contributed by atoms with van der Waals surface area (Å²) < 4.78 is 7.71. The van der Waals surface area contributed by atoms with Crippen LogP contribution in [0.2, 0.25) is 0 Å². The summed E-state index contributed by atoms with van der Waals surface area (Å²) in [6, 6.07) is 15.7. The average Bonchev–Trinajstić information content (AvgIpc) is 3.31. The Morgan fingerprint density at radius 1 is 1.03 bits per heavy atom. The van der Waals surface area contributed by atoms with Crippen LogP contribution < -0.4 is 9.64 Å². The van der Waals surface area contributed by atoms with E-state index in [9.17, 15) is 9.59 Å². The Bertz CT molecular complexity index is 1180. The van der Waals surface area contributed by atoms with E-state index in [1.807, 2.05) is 59.2 Å². The molecule has 0 saturated carbocycles. The quantitative estimate of drug-likeness (QED) is 0.496. The predicted octanol–water partition coefficient (Wildman–Crippen LogP) is 4.75. The molecule has 2 amide bonds. The van der Waals surface area contributed by atoms with Crippen LogP contribution in [0.25, 0.3) is 11.0 Å². The molecule has 2 saturated heterocycles. The van der Waals surface area contributed by atoms with E-state index in [0.29, 0.717) is 32.5 Å². The van der Waals surface area contributed by atoms with E-state index in [1.165, 1.54) is 12.8 Å². The Balaban J connectivity index is 1.35. The number of ether oxygens (including phenoxy) is 1. The molecule has 0 radical (unpaired) electrons. The fourth-order valence-electron chi connectivity index (χ4n) is 5.35. The fraction of sp³-hybridized carbons (Fsp3) is 0.464. The maximum Gasteiger partial charge on any atom is 0.227 e. The van der Waals surface area contributed by atoms with Crippen LogP contribution in [0.1, 0.15) is 57.2 Å². The van der Waals surface area contributed by atoms with E-state index >= 15 is 0 Å². The van der Waals surface area contributed by atoms with Crippen molar-refractivity contribution in [2.24, 2.45) is 0 Å². The van der Waals surface area contributed by atoms with Gasteiger partial charge in [0.2, 0.25) is 11.8 Å². The monoisotopic (exact) mass is 474 g/mol. The number of fused-ring (bicyclic) bond motifs is 1. The van der Waals surface area contributed by atoms with Crippen molar-refractivity contribution in [3.8, 4) is 5.75 Å². The first-order chi connectivity index (χ1) is 17.1. The zero-order valence-corrected chi connectivity index (χ0v) is 20.5. The topological polar surface area (TPSA) is 67.7 Å². The number of imidazole rings is 1. The minimum Gasteiger partial charge on any atom is -0.494 e. The van der Waals surface area contributed by atoms with E-state index in [2.05, 4.69) is 10.6 Å². The number of hydrogen-bond acceptors (Lipinski definition) is 4. The molecule has 0 N–H and O–H groups in total. The normalized spacial score (nSPS) is 18.8. The highest BCUT2D eigenvalue weighted by atomic mass is 16.5. The summed E-state index contributed by atoms with van der Waals surface area (Å²) in [5, 5.41) is 0. The molecule has 2 aliphatic heterocycles. The van der Waals surface area contributed by atoms with Gasteiger partial charge in [0.05, 0.1) is 17.6 Å². The Hall–Kier alpha value is -3.35. The third-order valence-corrected chi connectivity index (χ3v) is 7.14. The predicted molar refractivity (Wildman–Crippen MR) is 137 cm³/mol. The van der Waals surface area contributed by atoms with Gasteiger partial charge in [0.25, 0.3) is 0 Å². The van der Waals surface area contributed by atoms with E-state index < -0.39 is 0 Å². The first-order valence-corrected chi connectivity index (χ1v) is 12.9. The first-order valence-electron chi connectivity index (χ1n) is 12.9. The molecule has 2 aromatic carbocycles. The molecule has 2 fully saturated rings. The smallest absolute Gasteiger partial charge is 0.227 e. The molecule has 0 aliphatic carbocycles. The van der Waals surface area contributed by atoms with Crippen molar-refractivity contribution >= 4 is 28.5 Å². The number of amides is 2. The number of carbonyl (C=O) groups is 2. The molecule has 0 spiro atoms. The van der Waals surface area contributed by atoms with Gasteiger partial charge in [-0.1, -0.05) is 25.0 Å². The summed E-state index contributed by atoms with van der Waals surface area (Å²) in [7, 11) is 0. The van der Waals surface area contributed by atoms with Gasteiger partial charge in [-0.2, -0.15) is 0 Å². The minimum absolute atomic E-state index is 0.0187. The van der Waals surface area contributed by atoms with Crippen LogP contribution in [-0.4, -0.2) is 52.5 Å². The summed E-state index contributed by atoms with van der Waals surface area (Å²) in [4.78, 5) is 34.8. The van der Waals surface area contributed by atoms with E-state index in [-0.39, 0.29) is 17.7 Å². The number of nitrogens with zero attached hydrogens (tertiary/aromatic N) is 4. The molecule has 1 unspecified atom stereocenters. The standard InChI is InChI=1S/C28H34N4O3/c1-2-35-23-13-11-22(12-14-23)32-20-21(19-27(32)34)28-29-24-9-5-6-10-25(24)31(28)18-15-26(33)30-16-7-3-4-8-17-30/h5-6,9-14,21H,2-4,7-8,15-20H2,1H3. The highest BCUT2D eigenvalue weighted by Crippen LogP contribution is 2.34. The zero-order chi connectivity index (χ0) is 24.2. The van der Waals surface area contributed by atoms with E-state index in [4.69, 9.17) is 9.72 Å². The molecule has 2 aliphatic rings. The number of likely N-dealkylation sites (tertiary alicyclic amines) is 1. The number of rotatable bonds is 7. The number of aryl methyl sites for hydroxylation is 1. The Kier molecular flexibility index (Phi) is 7.02. The van der Waals surface area contributed by atoms with Crippen LogP contribution in [0.15, 0.2) is 48.5 Å². The summed E-state index contributed by atoms with van der Waals surface area (Å²) in [5.74, 6) is 1.99. The summed E-state index contributed by atoms with van der Waals surface area (Å²) >= 11 is 0. The van der Waals surface area contributed by atoms with Gasteiger partial charge in [0.15, 0.2) is 0 Å². The molecule has 3 heterocycles. The Morgan fingerprint density at radius 2 is 1.77 bits per heavy atom. The second-order valence-electron chi connectivity index (χ2n) is 9.49. The van der Waals surface area contributed by atoms with Gasteiger partial charge in [-0.15, -0.1) is 0 Å². The molecular formula is C28H34N4O3. The lowest BCUT2D eigenvalue weighted by molar-refractivity contribution is -0.131. The van der Waals surface area contributed by atoms with Gasteiger partial charge in [-0.05, 0) is 56.2 Å². The molecule has 1 atom stereocenters. The first kappa shape index (κ1) is 23.4. The molecule has 7 heteroatoms. The Labute approximate surface area is 206 Å². The summed E-state index contributed by atoms with van der Waals surface area (Å²) in [6.07, 6.45) is 5.47. The van der Waals surface area contributed by atoms with Crippen molar-refractivity contribution in [1.82, 2.24) is 14.5 Å². The number of hydrogen-bond donors (Lipinski definition) is 0. The lowest BCUT2D eigenvalue weighted by atomic mass is 10.1. The van der Waals surface area contributed by atoms with E-state index in [0.717, 1.165) is 54.2 Å². The van der Waals surface area contributed by atoms with Crippen molar-refractivity contribution in [3.63, 3.8) is 0 Å². The van der Waals surface area contributed by atoms with Crippen molar-refractivity contribution in [2.45, 2.75) is 57.9 Å². The third-order valence-electron chi connectivity index (χ3n) is 7.14. The summed E-state index contributed by atoms with van der Waals surface area (Å²) in [5.41, 5.74) is 2.81. The van der Waals surface area contributed by atoms with Gasteiger partial charge in [-0.25, -0.2) is 4.98 Å². The second-order valence-corrected chi connectivity index (χ2v) is 9.49. The Morgan fingerprint density at radius 3 is 2.51 bits per heavy atom. The number of benzene rings is 2. The molecule has 1 aromatic heterocycles. The number of anilines is 1. The van der Waals surface area contributed by atoms with Gasteiger partial charge in [-0.3, -0.25) is 9.59 Å². The molecule has 184 valence electrons. The van der Waals surface area contributed by atoms with E-state index in [1.54, 1.807) is 0 Å². The third kappa shape index (κ3) is 5.04. The number of aromatic nitrogens is 2. The second kappa shape index (κ2) is 10.5. The maximum absolute atomic E-state index is 13.0.